The second-order valence-electron chi connectivity index (χ2n) is 19.1. The Morgan fingerprint density at radius 2 is 0.559 bits per heavy atom. The molecule has 0 aromatic rings. The van der Waals surface area contributed by atoms with E-state index in [9.17, 15) is 14.4 Å². The van der Waals surface area contributed by atoms with Crippen LogP contribution in [-0.2, 0) is 28.6 Å². The van der Waals surface area contributed by atoms with Gasteiger partial charge in [0.2, 0.25) is 0 Å². The zero-order valence-electron chi connectivity index (χ0n) is 40.4. The van der Waals surface area contributed by atoms with Crippen molar-refractivity contribution in [3.63, 3.8) is 0 Å². The number of carbonyl (C=O) groups excluding carboxylic acids is 3. The standard InChI is InChI=1S/C53H102O6/c1-6-7-8-9-10-11-12-13-14-15-16-17-18-19-20-25-28-35-40-45-53(56)59-50(47-58-52(55)44-39-34-30-29-32-37-42-49(4)5)46-57-51(54)43-38-33-27-24-22-21-23-26-31-36-41-48(2)3/h48-50H,6-47H2,1-5H3/t50-/m1/s1. The van der Waals surface area contributed by atoms with Crippen LogP contribution in [0.5, 0.6) is 0 Å². The fourth-order valence-corrected chi connectivity index (χ4v) is 7.99. The Morgan fingerprint density at radius 1 is 0.322 bits per heavy atom. The quantitative estimate of drug-likeness (QED) is 0.0345. The molecule has 6 heteroatoms. The molecule has 350 valence electrons. The van der Waals surface area contributed by atoms with Gasteiger partial charge in [-0.2, -0.15) is 0 Å². The van der Waals surface area contributed by atoms with Crippen molar-refractivity contribution in [1.29, 1.82) is 0 Å². The Labute approximate surface area is 368 Å². The van der Waals surface area contributed by atoms with Gasteiger partial charge in [-0.3, -0.25) is 14.4 Å². The first kappa shape index (κ1) is 57.4. The van der Waals surface area contributed by atoms with Crippen molar-refractivity contribution in [2.45, 2.75) is 298 Å². The van der Waals surface area contributed by atoms with E-state index in [1.807, 2.05) is 0 Å². The van der Waals surface area contributed by atoms with Gasteiger partial charge in [-0.05, 0) is 31.1 Å². The van der Waals surface area contributed by atoms with E-state index in [4.69, 9.17) is 14.2 Å². The molecule has 0 aliphatic rings. The minimum atomic E-state index is -0.762. The highest BCUT2D eigenvalue weighted by Crippen LogP contribution is 2.17. The van der Waals surface area contributed by atoms with Crippen molar-refractivity contribution < 1.29 is 28.6 Å². The molecule has 0 amide bonds. The van der Waals surface area contributed by atoms with E-state index in [1.54, 1.807) is 0 Å². The van der Waals surface area contributed by atoms with Gasteiger partial charge >= 0.3 is 17.9 Å². The van der Waals surface area contributed by atoms with Gasteiger partial charge in [0.05, 0.1) is 0 Å². The van der Waals surface area contributed by atoms with Crippen molar-refractivity contribution in [3.8, 4) is 0 Å². The summed E-state index contributed by atoms with van der Waals surface area (Å²) in [4.78, 5) is 37.9. The highest BCUT2D eigenvalue weighted by Gasteiger charge is 2.19. The molecule has 0 bridgehead atoms. The van der Waals surface area contributed by atoms with Crippen LogP contribution < -0.4 is 0 Å². The van der Waals surface area contributed by atoms with Crippen LogP contribution in [0.15, 0.2) is 0 Å². The van der Waals surface area contributed by atoms with Crippen molar-refractivity contribution in [3.05, 3.63) is 0 Å². The van der Waals surface area contributed by atoms with Gasteiger partial charge in [0, 0.05) is 19.3 Å². The summed E-state index contributed by atoms with van der Waals surface area (Å²) in [5.41, 5.74) is 0. The Bertz CT molecular complexity index is 900. The molecule has 0 radical (unpaired) electrons. The maximum absolute atomic E-state index is 12.8. The fraction of sp³-hybridized carbons (Fsp3) is 0.943. The minimum absolute atomic E-state index is 0.0649. The molecule has 0 saturated carbocycles. The molecule has 0 aliphatic carbocycles. The Hall–Kier alpha value is -1.59. The third kappa shape index (κ3) is 47.3. The summed E-state index contributed by atoms with van der Waals surface area (Å²) in [7, 11) is 0. The van der Waals surface area contributed by atoms with E-state index in [1.165, 1.54) is 180 Å². The number of ether oxygens (including phenoxy) is 3. The molecule has 0 aliphatic heterocycles. The summed E-state index contributed by atoms with van der Waals surface area (Å²) in [5, 5.41) is 0. The van der Waals surface area contributed by atoms with Crippen molar-refractivity contribution in [1.82, 2.24) is 0 Å². The van der Waals surface area contributed by atoms with E-state index in [2.05, 4.69) is 34.6 Å². The van der Waals surface area contributed by atoms with Gasteiger partial charge in [0.1, 0.15) is 13.2 Å². The number of unbranched alkanes of at least 4 members (excludes halogenated alkanes) is 32. The molecule has 0 unspecified atom stereocenters. The summed E-state index contributed by atoms with van der Waals surface area (Å²) in [5.74, 6) is 0.728. The topological polar surface area (TPSA) is 78.9 Å². The second-order valence-corrected chi connectivity index (χ2v) is 19.1. The van der Waals surface area contributed by atoms with Gasteiger partial charge in [-0.15, -0.1) is 0 Å². The lowest BCUT2D eigenvalue weighted by Crippen LogP contribution is -2.30. The lowest BCUT2D eigenvalue weighted by molar-refractivity contribution is -0.167. The predicted octanol–water partition coefficient (Wildman–Crippen LogP) is 16.9. The molecule has 0 aromatic heterocycles. The van der Waals surface area contributed by atoms with Gasteiger partial charge in [0.15, 0.2) is 6.10 Å². The van der Waals surface area contributed by atoms with Crippen LogP contribution in [0.3, 0.4) is 0 Å². The summed E-state index contributed by atoms with van der Waals surface area (Å²) in [6.07, 6.45) is 46.8. The van der Waals surface area contributed by atoms with Crippen LogP contribution in [-0.4, -0.2) is 37.2 Å². The Kier molecular flexibility index (Phi) is 44.7. The minimum Gasteiger partial charge on any atom is -0.462 e. The van der Waals surface area contributed by atoms with E-state index < -0.39 is 6.10 Å². The van der Waals surface area contributed by atoms with Crippen LogP contribution in [0.1, 0.15) is 291 Å². The van der Waals surface area contributed by atoms with Crippen molar-refractivity contribution >= 4 is 17.9 Å². The summed E-state index contributed by atoms with van der Waals surface area (Å²) < 4.78 is 16.8. The molecule has 0 rings (SSSR count). The van der Waals surface area contributed by atoms with E-state index in [-0.39, 0.29) is 31.1 Å². The molecule has 0 saturated heterocycles. The molecular formula is C53H102O6. The maximum atomic E-state index is 12.8. The average molecular weight is 835 g/mol. The first-order valence-electron chi connectivity index (χ1n) is 26.2. The van der Waals surface area contributed by atoms with E-state index in [0.717, 1.165) is 69.6 Å². The predicted molar refractivity (Wildman–Crippen MR) is 252 cm³/mol. The molecule has 6 nitrogen and oxygen atoms in total. The van der Waals surface area contributed by atoms with Crippen molar-refractivity contribution in [2.75, 3.05) is 13.2 Å². The summed E-state index contributed by atoms with van der Waals surface area (Å²) in [6, 6.07) is 0. The average Bonchev–Trinajstić information content (AvgIpc) is 3.20. The number of rotatable bonds is 47. The molecule has 0 fully saturated rings. The largest absolute Gasteiger partial charge is 0.462 e. The lowest BCUT2D eigenvalue weighted by Gasteiger charge is -2.18. The van der Waals surface area contributed by atoms with Crippen LogP contribution in [0, 0.1) is 11.8 Å². The van der Waals surface area contributed by atoms with Gasteiger partial charge < -0.3 is 14.2 Å². The van der Waals surface area contributed by atoms with Gasteiger partial charge in [-0.1, -0.05) is 253 Å². The molecule has 0 spiro atoms. The lowest BCUT2D eigenvalue weighted by atomic mass is 10.0. The highest BCUT2D eigenvalue weighted by molar-refractivity contribution is 5.71. The van der Waals surface area contributed by atoms with Crippen LogP contribution in [0.4, 0.5) is 0 Å². The molecular weight excluding hydrogens is 733 g/mol. The monoisotopic (exact) mass is 835 g/mol. The molecule has 59 heavy (non-hydrogen) atoms. The van der Waals surface area contributed by atoms with E-state index in [0.29, 0.717) is 19.3 Å². The highest BCUT2D eigenvalue weighted by atomic mass is 16.6. The van der Waals surface area contributed by atoms with E-state index >= 15 is 0 Å². The Balaban J connectivity index is 4.24. The number of esters is 3. The Morgan fingerprint density at radius 3 is 0.831 bits per heavy atom. The number of hydrogen-bond acceptors (Lipinski definition) is 6. The number of hydrogen-bond donors (Lipinski definition) is 0. The van der Waals surface area contributed by atoms with Crippen LogP contribution >= 0.6 is 0 Å². The molecule has 0 heterocycles. The van der Waals surface area contributed by atoms with Crippen LogP contribution in [0.25, 0.3) is 0 Å². The molecule has 0 aromatic carbocycles. The molecule has 1 atom stereocenters. The second kappa shape index (κ2) is 45.9. The maximum Gasteiger partial charge on any atom is 0.306 e. The molecule has 0 N–H and O–H groups in total. The van der Waals surface area contributed by atoms with Gasteiger partial charge in [-0.25, -0.2) is 0 Å². The van der Waals surface area contributed by atoms with Gasteiger partial charge in [0.25, 0.3) is 0 Å². The third-order valence-corrected chi connectivity index (χ3v) is 12.0. The SMILES string of the molecule is CCCCCCCCCCCCCCCCCCCCCC(=O)O[C@H](COC(=O)CCCCCCCCCCCCC(C)C)COC(=O)CCCCCCCCC(C)C. The van der Waals surface area contributed by atoms with Crippen LogP contribution in [0.2, 0.25) is 0 Å². The summed E-state index contributed by atoms with van der Waals surface area (Å²) >= 11 is 0. The smallest absolute Gasteiger partial charge is 0.306 e. The first-order valence-corrected chi connectivity index (χ1v) is 26.2. The summed E-state index contributed by atoms with van der Waals surface area (Å²) in [6.45, 7) is 11.3. The third-order valence-electron chi connectivity index (χ3n) is 12.0. The zero-order chi connectivity index (χ0) is 43.3. The number of carbonyl (C=O) groups is 3. The first-order chi connectivity index (χ1) is 28.7. The normalized spacial score (nSPS) is 12.1. The zero-order valence-corrected chi connectivity index (χ0v) is 40.4. The fourth-order valence-electron chi connectivity index (χ4n) is 7.99. The van der Waals surface area contributed by atoms with Crippen molar-refractivity contribution in [2.24, 2.45) is 11.8 Å².